The Morgan fingerprint density at radius 2 is 1.56 bits per heavy atom. The summed E-state index contributed by atoms with van der Waals surface area (Å²) in [6, 6.07) is 0. The zero-order valence-electron chi connectivity index (χ0n) is 15.4. The van der Waals surface area contributed by atoms with Crippen LogP contribution in [0.3, 0.4) is 0 Å². The first-order chi connectivity index (χ1) is 12.3. The molecule has 0 radical (unpaired) electrons. The van der Waals surface area contributed by atoms with Crippen molar-refractivity contribution in [3.8, 4) is 0 Å². The van der Waals surface area contributed by atoms with Gasteiger partial charge in [0, 0.05) is 0 Å². The minimum atomic E-state index is 0.941. The van der Waals surface area contributed by atoms with Crippen LogP contribution in [0.15, 0.2) is 12.2 Å². The first-order valence-electron chi connectivity index (χ1n) is 12.0. The lowest BCUT2D eigenvalue weighted by Crippen LogP contribution is -2.73. The SMILES string of the molecule is C1=CC2CC1C1CC3C(C4CC56C7CC(CC8CCC(C8)C7C35)C46)C21. The van der Waals surface area contributed by atoms with Gasteiger partial charge in [-0.2, -0.15) is 0 Å². The summed E-state index contributed by atoms with van der Waals surface area (Å²) in [5.41, 5.74) is 0.941. The number of hydrogen-bond acceptors (Lipinski definition) is 0. The van der Waals surface area contributed by atoms with Crippen LogP contribution >= 0.6 is 0 Å². The van der Waals surface area contributed by atoms with E-state index in [9.17, 15) is 0 Å². The lowest BCUT2D eigenvalue weighted by Gasteiger charge is -2.78. The van der Waals surface area contributed by atoms with Crippen molar-refractivity contribution in [1.82, 2.24) is 0 Å². The topological polar surface area (TPSA) is 0 Å². The summed E-state index contributed by atoms with van der Waals surface area (Å²) in [6.07, 6.45) is 18.6. The summed E-state index contributed by atoms with van der Waals surface area (Å²) >= 11 is 0. The van der Waals surface area contributed by atoms with E-state index in [1.165, 1.54) is 53.3 Å². The molecule has 15 atom stereocenters. The van der Waals surface area contributed by atoms with E-state index < -0.39 is 0 Å². The average Bonchev–Trinajstić information content (AvgIpc) is 3.32. The lowest BCUT2D eigenvalue weighted by molar-refractivity contribution is -0.308. The van der Waals surface area contributed by atoms with Crippen LogP contribution in [0.5, 0.6) is 0 Å². The van der Waals surface area contributed by atoms with Gasteiger partial charge in [-0.15, -0.1) is 0 Å². The Hall–Kier alpha value is -0.260. The van der Waals surface area contributed by atoms with E-state index in [1.54, 1.807) is 51.4 Å². The molecule has 9 rings (SSSR count). The monoisotopic (exact) mass is 332 g/mol. The second kappa shape index (κ2) is 3.68. The van der Waals surface area contributed by atoms with Crippen molar-refractivity contribution in [1.29, 1.82) is 0 Å². The van der Waals surface area contributed by atoms with Gasteiger partial charge >= 0.3 is 0 Å². The van der Waals surface area contributed by atoms with Crippen LogP contribution in [0.25, 0.3) is 0 Å². The highest BCUT2D eigenvalue weighted by atomic mass is 14.9. The van der Waals surface area contributed by atoms with Gasteiger partial charge in [-0.25, -0.2) is 0 Å². The van der Waals surface area contributed by atoms with Gasteiger partial charge in [0.05, 0.1) is 0 Å². The second-order valence-corrected chi connectivity index (χ2v) is 12.6. The van der Waals surface area contributed by atoms with Gasteiger partial charge < -0.3 is 0 Å². The third-order valence-electron chi connectivity index (χ3n) is 12.8. The normalized spacial score (nSPS) is 77.1. The molecule has 1 spiro atoms. The number of hydrogen-bond donors (Lipinski definition) is 0. The van der Waals surface area contributed by atoms with E-state index in [0.717, 1.165) is 35.0 Å². The standard InChI is InChI=1S/C25H32/c1-2-13-5-11(1)6-15-8-19-21(13)24-17-9-16-12-3-4-14(7-12)20(16)22(17)18-10-25(19,24)23(15)18/h3-4,11-24H,1-2,5-10H2. The molecule has 0 heterocycles. The quantitative estimate of drug-likeness (QED) is 0.521. The summed E-state index contributed by atoms with van der Waals surface area (Å²) in [5, 5.41) is 0. The van der Waals surface area contributed by atoms with Crippen molar-refractivity contribution < 1.29 is 0 Å². The molecule has 0 heteroatoms. The van der Waals surface area contributed by atoms with Gasteiger partial charge in [0.15, 0.2) is 0 Å². The van der Waals surface area contributed by atoms with Gasteiger partial charge in [0.25, 0.3) is 0 Å². The maximum Gasteiger partial charge on any atom is -0.0194 e. The fourth-order valence-electron chi connectivity index (χ4n) is 13.0. The van der Waals surface area contributed by atoms with Crippen molar-refractivity contribution >= 4 is 0 Å². The summed E-state index contributed by atoms with van der Waals surface area (Å²) < 4.78 is 0. The molecular formula is C25H32. The Morgan fingerprint density at radius 1 is 0.640 bits per heavy atom. The van der Waals surface area contributed by atoms with Crippen LogP contribution in [0.2, 0.25) is 0 Å². The fraction of sp³-hybridized carbons (Fsp3) is 0.920. The molecule has 0 aliphatic heterocycles. The molecule has 25 heavy (non-hydrogen) atoms. The maximum absolute atomic E-state index is 2.68. The first kappa shape index (κ1) is 13.0. The van der Waals surface area contributed by atoms with E-state index >= 15 is 0 Å². The molecule has 0 aromatic carbocycles. The molecule has 0 nitrogen and oxygen atoms in total. The van der Waals surface area contributed by atoms with E-state index in [1.807, 2.05) is 0 Å². The first-order valence-corrected chi connectivity index (χ1v) is 12.0. The fourth-order valence-corrected chi connectivity index (χ4v) is 13.0. The molecule has 0 aromatic rings. The highest BCUT2D eigenvalue weighted by Gasteiger charge is 2.84. The van der Waals surface area contributed by atoms with Crippen molar-refractivity contribution in [3.05, 3.63) is 12.2 Å². The maximum atomic E-state index is 2.68. The summed E-state index contributed by atoms with van der Waals surface area (Å²) in [4.78, 5) is 0. The molecule has 9 aliphatic rings. The molecule has 8 fully saturated rings. The Kier molecular flexibility index (Phi) is 1.92. The van der Waals surface area contributed by atoms with Crippen molar-refractivity contribution in [2.75, 3.05) is 0 Å². The molecule has 8 saturated carbocycles. The van der Waals surface area contributed by atoms with Crippen LogP contribution in [-0.4, -0.2) is 0 Å². The van der Waals surface area contributed by atoms with E-state index in [4.69, 9.17) is 0 Å². The van der Waals surface area contributed by atoms with E-state index in [0.29, 0.717) is 0 Å². The van der Waals surface area contributed by atoms with Crippen molar-refractivity contribution in [3.63, 3.8) is 0 Å². The largest absolute Gasteiger partial charge is 0.0848 e. The predicted molar refractivity (Wildman–Crippen MR) is 97.4 cm³/mol. The summed E-state index contributed by atoms with van der Waals surface area (Å²) in [7, 11) is 0. The van der Waals surface area contributed by atoms with Crippen LogP contribution in [-0.2, 0) is 0 Å². The Labute approximate surface area is 152 Å². The van der Waals surface area contributed by atoms with Crippen molar-refractivity contribution in [2.24, 2.45) is 88.3 Å². The van der Waals surface area contributed by atoms with Crippen molar-refractivity contribution in [2.45, 2.75) is 51.4 Å². The highest BCUT2D eigenvalue weighted by Crippen LogP contribution is 2.89. The minimum Gasteiger partial charge on any atom is -0.0848 e. The van der Waals surface area contributed by atoms with Crippen LogP contribution < -0.4 is 0 Å². The van der Waals surface area contributed by atoms with E-state index in [2.05, 4.69) is 12.2 Å². The van der Waals surface area contributed by atoms with Gasteiger partial charge in [-0.3, -0.25) is 0 Å². The second-order valence-electron chi connectivity index (χ2n) is 12.6. The smallest absolute Gasteiger partial charge is 0.0194 e. The minimum absolute atomic E-state index is 0.941. The third-order valence-corrected chi connectivity index (χ3v) is 12.8. The average molecular weight is 333 g/mol. The number of allylic oxidation sites excluding steroid dienone is 2. The van der Waals surface area contributed by atoms with E-state index in [-0.39, 0.29) is 0 Å². The third kappa shape index (κ3) is 1.11. The Bertz CT molecular complexity index is 720. The molecule has 0 amide bonds. The van der Waals surface area contributed by atoms with Gasteiger partial charge in [-0.1, -0.05) is 18.6 Å². The van der Waals surface area contributed by atoms with Gasteiger partial charge in [0.1, 0.15) is 0 Å². The molecule has 9 aliphatic carbocycles. The molecule has 0 aromatic heterocycles. The van der Waals surface area contributed by atoms with Crippen LogP contribution in [0, 0.1) is 88.3 Å². The zero-order valence-corrected chi connectivity index (χ0v) is 15.4. The molecule has 132 valence electrons. The van der Waals surface area contributed by atoms with Crippen LogP contribution in [0.4, 0.5) is 0 Å². The molecule has 8 bridgehead atoms. The van der Waals surface area contributed by atoms with Crippen LogP contribution in [0.1, 0.15) is 51.4 Å². The summed E-state index contributed by atoms with van der Waals surface area (Å²) in [6.45, 7) is 0. The highest BCUT2D eigenvalue weighted by molar-refractivity contribution is 5.33. The molecular weight excluding hydrogens is 300 g/mol. The summed E-state index contributed by atoms with van der Waals surface area (Å²) in [5.74, 6) is 16.4. The van der Waals surface area contributed by atoms with Gasteiger partial charge in [-0.05, 0) is 133 Å². The lowest BCUT2D eigenvalue weighted by atomic mass is 9.26. The Balaban J connectivity index is 1.22. The number of rotatable bonds is 0. The zero-order chi connectivity index (χ0) is 15.7. The number of fused-ring (bicyclic) bond motifs is 14. The van der Waals surface area contributed by atoms with Gasteiger partial charge in [0.2, 0.25) is 0 Å². The molecule has 0 N–H and O–H groups in total. The molecule has 0 saturated heterocycles. The molecule has 15 unspecified atom stereocenters. The predicted octanol–water partition coefficient (Wildman–Crippen LogP) is 5.40. The Morgan fingerprint density at radius 3 is 2.56 bits per heavy atom.